The fourth-order valence-corrected chi connectivity index (χ4v) is 5.54. The van der Waals surface area contributed by atoms with E-state index in [1.807, 2.05) is 0 Å². The Morgan fingerprint density at radius 1 is 1.22 bits per heavy atom. The summed E-state index contributed by atoms with van der Waals surface area (Å²) in [4.78, 5) is 18.3. The number of carbonyl (C=O) groups excluding carboxylic acids is 1. The van der Waals surface area contributed by atoms with Crippen molar-refractivity contribution in [2.75, 3.05) is 36.3 Å². The molecule has 142 valence electrons. The van der Waals surface area contributed by atoms with Gasteiger partial charge in [0, 0.05) is 13.1 Å². The number of carbonyl (C=O) groups is 1. The number of thiophene rings is 1. The number of amides is 2. The number of hydrogen-bond acceptors (Lipinski definition) is 7. The molecule has 0 spiro atoms. The highest BCUT2D eigenvalue weighted by molar-refractivity contribution is 7.94. The normalized spacial score (nSPS) is 15.0. The second-order valence-corrected chi connectivity index (χ2v) is 9.66. The summed E-state index contributed by atoms with van der Waals surface area (Å²) < 4.78 is 33.5. The highest BCUT2D eigenvalue weighted by atomic mass is 32.2. The Balaban J connectivity index is 1.51. The third-order valence-corrected chi connectivity index (χ3v) is 7.63. The van der Waals surface area contributed by atoms with Gasteiger partial charge < -0.3 is 9.64 Å². The van der Waals surface area contributed by atoms with Crippen molar-refractivity contribution in [2.24, 2.45) is 0 Å². The minimum absolute atomic E-state index is 0.212. The summed E-state index contributed by atoms with van der Waals surface area (Å²) in [5.41, 5.74) is 1.14. The molecule has 27 heavy (non-hydrogen) atoms. The van der Waals surface area contributed by atoms with Gasteiger partial charge in [0.1, 0.15) is 4.21 Å². The van der Waals surface area contributed by atoms with Gasteiger partial charge in [-0.05, 0) is 29.6 Å². The van der Waals surface area contributed by atoms with Gasteiger partial charge in [-0.1, -0.05) is 17.4 Å². The van der Waals surface area contributed by atoms with Crippen LogP contribution in [0.3, 0.4) is 0 Å². The SMILES string of the molecule is O=C(Nc1nc2ccc(NS(=O)(=O)c3cccs3)cc2s1)N1CCOCC1. The molecule has 2 amide bonds. The lowest BCUT2D eigenvalue weighted by molar-refractivity contribution is 0.0564. The Bertz CT molecular complexity index is 1060. The van der Waals surface area contributed by atoms with Gasteiger partial charge >= 0.3 is 6.03 Å². The van der Waals surface area contributed by atoms with E-state index in [2.05, 4.69) is 15.0 Å². The quantitative estimate of drug-likeness (QED) is 0.670. The van der Waals surface area contributed by atoms with E-state index in [9.17, 15) is 13.2 Å². The molecule has 2 N–H and O–H groups in total. The molecule has 11 heteroatoms. The molecule has 0 unspecified atom stereocenters. The van der Waals surface area contributed by atoms with Crippen LogP contribution in [0.5, 0.6) is 0 Å². The number of rotatable bonds is 4. The summed E-state index contributed by atoms with van der Waals surface area (Å²) in [7, 11) is -3.60. The van der Waals surface area contributed by atoms with Crippen LogP contribution in [-0.2, 0) is 14.8 Å². The van der Waals surface area contributed by atoms with Crippen LogP contribution in [0, 0.1) is 0 Å². The van der Waals surface area contributed by atoms with E-state index in [0.29, 0.717) is 42.6 Å². The molecule has 2 aromatic heterocycles. The molecule has 1 fully saturated rings. The average Bonchev–Trinajstić information content (AvgIpc) is 3.31. The first-order valence-corrected chi connectivity index (χ1v) is 11.3. The molecule has 0 radical (unpaired) electrons. The standard InChI is InChI=1S/C16H16N4O4S3/c21-16(20-5-7-24-8-6-20)18-15-17-12-4-3-11(10-13(12)26-15)19-27(22,23)14-2-1-9-25-14/h1-4,9-10,19H,5-8H2,(H,17,18,21). The molecule has 8 nitrogen and oxygen atoms in total. The van der Waals surface area contributed by atoms with Crippen molar-refractivity contribution in [3.8, 4) is 0 Å². The highest BCUT2D eigenvalue weighted by Gasteiger charge is 2.19. The third-order valence-electron chi connectivity index (χ3n) is 3.91. The molecule has 3 aromatic rings. The summed E-state index contributed by atoms with van der Waals surface area (Å²) in [6.45, 7) is 2.15. The van der Waals surface area contributed by atoms with E-state index in [1.54, 1.807) is 40.6 Å². The van der Waals surface area contributed by atoms with Crippen LogP contribution >= 0.6 is 22.7 Å². The van der Waals surface area contributed by atoms with Gasteiger partial charge in [-0.3, -0.25) is 10.0 Å². The first-order valence-electron chi connectivity index (χ1n) is 8.12. The number of fused-ring (bicyclic) bond motifs is 1. The summed E-state index contributed by atoms with van der Waals surface area (Å²) in [6, 6.07) is 8.12. The fraction of sp³-hybridized carbons (Fsp3) is 0.250. The fourth-order valence-electron chi connectivity index (χ4n) is 2.60. The minimum Gasteiger partial charge on any atom is -0.378 e. The Morgan fingerprint density at radius 2 is 2.04 bits per heavy atom. The molecule has 1 aromatic carbocycles. The lowest BCUT2D eigenvalue weighted by Gasteiger charge is -2.26. The molecule has 4 rings (SSSR count). The number of urea groups is 1. The van der Waals surface area contributed by atoms with Crippen LogP contribution in [0.1, 0.15) is 0 Å². The number of thiazole rings is 1. The maximum atomic E-state index is 12.3. The van der Waals surface area contributed by atoms with Crippen LogP contribution in [0.25, 0.3) is 10.2 Å². The molecule has 1 aliphatic rings. The van der Waals surface area contributed by atoms with Crippen LogP contribution in [0.4, 0.5) is 15.6 Å². The summed E-state index contributed by atoms with van der Waals surface area (Å²) >= 11 is 2.45. The van der Waals surface area contributed by atoms with Gasteiger partial charge in [-0.2, -0.15) is 0 Å². The number of nitrogens with one attached hydrogen (secondary N) is 2. The number of morpholine rings is 1. The summed E-state index contributed by atoms with van der Waals surface area (Å²) in [5, 5.41) is 4.98. The van der Waals surface area contributed by atoms with Crippen LogP contribution < -0.4 is 10.0 Å². The number of nitrogens with zero attached hydrogens (tertiary/aromatic N) is 2. The maximum Gasteiger partial charge on any atom is 0.323 e. The lowest BCUT2D eigenvalue weighted by atomic mass is 10.3. The first-order chi connectivity index (χ1) is 13.0. The molecule has 3 heterocycles. The highest BCUT2D eigenvalue weighted by Crippen LogP contribution is 2.30. The molecule has 1 saturated heterocycles. The molecule has 1 aliphatic heterocycles. The van der Waals surface area contributed by atoms with Gasteiger partial charge in [-0.25, -0.2) is 18.2 Å². The predicted octanol–water partition coefficient (Wildman–Crippen LogP) is 3.02. The van der Waals surface area contributed by atoms with Crippen molar-refractivity contribution in [2.45, 2.75) is 4.21 Å². The largest absolute Gasteiger partial charge is 0.378 e. The molecule has 0 atom stereocenters. The Morgan fingerprint density at radius 3 is 2.78 bits per heavy atom. The number of sulfonamides is 1. The zero-order valence-electron chi connectivity index (χ0n) is 14.0. The van der Waals surface area contributed by atoms with E-state index < -0.39 is 10.0 Å². The van der Waals surface area contributed by atoms with Crippen molar-refractivity contribution in [3.05, 3.63) is 35.7 Å². The van der Waals surface area contributed by atoms with Gasteiger partial charge in [0.2, 0.25) is 0 Å². The monoisotopic (exact) mass is 424 g/mol. The van der Waals surface area contributed by atoms with Crippen LogP contribution in [0.2, 0.25) is 0 Å². The molecular weight excluding hydrogens is 408 g/mol. The molecule has 0 aliphatic carbocycles. The number of aromatic nitrogens is 1. The maximum absolute atomic E-state index is 12.3. The predicted molar refractivity (Wildman–Crippen MR) is 106 cm³/mol. The van der Waals surface area contributed by atoms with Crippen molar-refractivity contribution >= 4 is 59.8 Å². The van der Waals surface area contributed by atoms with Gasteiger partial charge in [0.15, 0.2) is 5.13 Å². The minimum atomic E-state index is -3.60. The summed E-state index contributed by atoms with van der Waals surface area (Å²) in [6.07, 6.45) is 0. The van der Waals surface area contributed by atoms with E-state index in [-0.39, 0.29) is 10.2 Å². The zero-order valence-corrected chi connectivity index (χ0v) is 16.5. The van der Waals surface area contributed by atoms with Gasteiger partial charge in [0.25, 0.3) is 10.0 Å². The lowest BCUT2D eigenvalue weighted by Crippen LogP contribution is -2.43. The molecule has 0 bridgehead atoms. The number of anilines is 2. The van der Waals surface area contributed by atoms with Crippen molar-refractivity contribution < 1.29 is 17.9 Å². The third kappa shape index (κ3) is 4.05. The second kappa shape index (κ2) is 7.43. The molecular formula is C16H16N4O4S3. The van der Waals surface area contributed by atoms with E-state index in [0.717, 1.165) is 16.0 Å². The van der Waals surface area contributed by atoms with E-state index >= 15 is 0 Å². The van der Waals surface area contributed by atoms with Crippen LogP contribution in [-0.4, -0.2) is 50.6 Å². The van der Waals surface area contributed by atoms with E-state index in [4.69, 9.17) is 4.74 Å². The average molecular weight is 425 g/mol. The topological polar surface area (TPSA) is 101 Å². The number of hydrogen-bond donors (Lipinski definition) is 2. The Labute approximate surface area is 163 Å². The zero-order chi connectivity index (χ0) is 18.9. The van der Waals surface area contributed by atoms with Crippen molar-refractivity contribution in [1.29, 1.82) is 0 Å². The van der Waals surface area contributed by atoms with Gasteiger partial charge in [0.05, 0.1) is 29.1 Å². The summed E-state index contributed by atoms with van der Waals surface area (Å²) in [5.74, 6) is 0. The Hall–Kier alpha value is -2.21. The van der Waals surface area contributed by atoms with Crippen LogP contribution in [0.15, 0.2) is 39.9 Å². The van der Waals surface area contributed by atoms with Gasteiger partial charge in [-0.15, -0.1) is 11.3 Å². The smallest absolute Gasteiger partial charge is 0.323 e. The van der Waals surface area contributed by atoms with E-state index in [1.165, 1.54) is 11.3 Å². The first kappa shape index (κ1) is 18.2. The Kier molecular flexibility index (Phi) is 5.00. The number of ether oxygens (including phenoxy) is 1. The molecule has 0 saturated carbocycles. The number of benzene rings is 1. The van der Waals surface area contributed by atoms with Crippen molar-refractivity contribution in [3.63, 3.8) is 0 Å². The van der Waals surface area contributed by atoms with Crippen molar-refractivity contribution in [1.82, 2.24) is 9.88 Å². The second-order valence-electron chi connectivity index (χ2n) is 5.77.